The number of hydrogen-bond acceptors (Lipinski definition) is 1. The molecule has 0 aliphatic heterocycles. The van der Waals surface area contributed by atoms with E-state index in [1.165, 1.54) is 16.8 Å². The lowest BCUT2D eigenvalue weighted by Gasteiger charge is -1.95. The highest BCUT2D eigenvalue weighted by molar-refractivity contribution is 6.42. The highest BCUT2D eigenvalue weighted by Gasteiger charge is 1.99. The topological polar surface area (TPSA) is 20.2 Å². The Balaban J connectivity index is 0.000000141. The molecule has 1 nitrogen and oxygen atoms in total. The molecule has 0 spiro atoms. The number of phenolic OH excluding ortho intramolecular Hbond substituents is 1. The standard InChI is InChI=1S/C10H8.C6H4Cl2O/c1-2-6-10-8-4-3-7-9(10)5-1;7-4-2-1-3-5(9)6(4)8/h1-8H;1-3,9H. The van der Waals surface area contributed by atoms with Crippen molar-refractivity contribution in [1.29, 1.82) is 0 Å². The van der Waals surface area contributed by atoms with Gasteiger partial charge < -0.3 is 5.11 Å². The Morgan fingerprint density at radius 3 is 1.47 bits per heavy atom. The Hall–Kier alpha value is -1.70. The summed E-state index contributed by atoms with van der Waals surface area (Å²) in [6, 6.07) is 21.4. The molecule has 0 saturated carbocycles. The van der Waals surface area contributed by atoms with Crippen molar-refractivity contribution in [1.82, 2.24) is 0 Å². The molecule has 96 valence electrons. The SMILES string of the molecule is Oc1cccc(Cl)c1Cl.c1ccc2ccccc2c1. The zero-order valence-corrected chi connectivity index (χ0v) is 11.6. The summed E-state index contributed by atoms with van der Waals surface area (Å²) in [4.78, 5) is 0. The van der Waals surface area contributed by atoms with Gasteiger partial charge >= 0.3 is 0 Å². The van der Waals surface area contributed by atoms with Crippen molar-refractivity contribution in [3.05, 3.63) is 76.8 Å². The fraction of sp³-hybridized carbons (Fsp3) is 0. The molecule has 0 atom stereocenters. The van der Waals surface area contributed by atoms with Crippen molar-refractivity contribution >= 4 is 34.0 Å². The van der Waals surface area contributed by atoms with E-state index in [4.69, 9.17) is 28.3 Å². The van der Waals surface area contributed by atoms with Crippen LogP contribution in [0.15, 0.2) is 66.7 Å². The normalized spacial score (nSPS) is 9.79. The average molecular weight is 291 g/mol. The summed E-state index contributed by atoms with van der Waals surface area (Å²) < 4.78 is 0. The van der Waals surface area contributed by atoms with Crippen LogP contribution in [0.2, 0.25) is 10.0 Å². The van der Waals surface area contributed by atoms with Crippen LogP contribution in [-0.4, -0.2) is 5.11 Å². The molecule has 3 heteroatoms. The van der Waals surface area contributed by atoms with Crippen LogP contribution in [0.4, 0.5) is 0 Å². The van der Waals surface area contributed by atoms with Gasteiger partial charge in [0.1, 0.15) is 10.8 Å². The molecule has 0 radical (unpaired) electrons. The Morgan fingerprint density at radius 1 is 0.632 bits per heavy atom. The number of hydrogen-bond donors (Lipinski definition) is 1. The van der Waals surface area contributed by atoms with Crippen LogP contribution in [0.25, 0.3) is 10.8 Å². The van der Waals surface area contributed by atoms with Gasteiger partial charge in [0.25, 0.3) is 0 Å². The lowest BCUT2D eigenvalue weighted by molar-refractivity contribution is 0.475. The van der Waals surface area contributed by atoms with Crippen LogP contribution in [-0.2, 0) is 0 Å². The third-order valence-electron chi connectivity index (χ3n) is 2.59. The second-order valence-corrected chi connectivity index (χ2v) is 4.71. The van der Waals surface area contributed by atoms with E-state index in [0.717, 1.165) is 0 Å². The van der Waals surface area contributed by atoms with E-state index in [1.807, 2.05) is 0 Å². The lowest BCUT2D eigenvalue weighted by atomic mass is 10.1. The Kier molecular flexibility index (Phi) is 4.67. The summed E-state index contributed by atoms with van der Waals surface area (Å²) in [7, 11) is 0. The van der Waals surface area contributed by atoms with Gasteiger partial charge in [-0.3, -0.25) is 0 Å². The maximum absolute atomic E-state index is 8.88. The first kappa shape index (κ1) is 13.7. The summed E-state index contributed by atoms with van der Waals surface area (Å²) in [6.45, 7) is 0. The third kappa shape index (κ3) is 3.63. The number of rotatable bonds is 0. The minimum absolute atomic E-state index is 0.0177. The van der Waals surface area contributed by atoms with Crippen LogP contribution >= 0.6 is 23.2 Å². The first-order valence-electron chi connectivity index (χ1n) is 5.75. The van der Waals surface area contributed by atoms with E-state index in [9.17, 15) is 0 Å². The first-order valence-corrected chi connectivity index (χ1v) is 6.51. The van der Waals surface area contributed by atoms with Crippen molar-refractivity contribution < 1.29 is 5.11 Å². The number of benzene rings is 3. The first-order chi connectivity index (χ1) is 9.18. The molecule has 3 aromatic carbocycles. The van der Waals surface area contributed by atoms with Gasteiger partial charge in [0.05, 0.1) is 5.02 Å². The van der Waals surface area contributed by atoms with E-state index in [-0.39, 0.29) is 10.8 Å². The van der Waals surface area contributed by atoms with Gasteiger partial charge in [-0.15, -0.1) is 0 Å². The van der Waals surface area contributed by atoms with Gasteiger partial charge in [0.2, 0.25) is 0 Å². The number of phenols is 1. The smallest absolute Gasteiger partial charge is 0.135 e. The molecule has 0 aromatic heterocycles. The summed E-state index contributed by atoms with van der Waals surface area (Å²) >= 11 is 11.0. The second-order valence-electron chi connectivity index (χ2n) is 3.92. The van der Waals surface area contributed by atoms with Crippen molar-refractivity contribution in [2.24, 2.45) is 0 Å². The summed E-state index contributed by atoms with van der Waals surface area (Å²) in [5, 5.41) is 12.1. The average Bonchev–Trinajstić information content (AvgIpc) is 2.45. The fourth-order valence-electron chi connectivity index (χ4n) is 1.63. The van der Waals surface area contributed by atoms with Gasteiger partial charge in [-0.2, -0.15) is 0 Å². The zero-order valence-electron chi connectivity index (χ0n) is 10.1. The van der Waals surface area contributed by atoms with E-state index in [2.05, 4.69) is 48.5 Å². The molecule has 19 heavy (non-hydrogen) atoms. The molecular formula is C16H12Cl2O. The van der Waals surface area contributed by atoms with Gasteiger partial charge in [-0.05, 0) is 22.9 Å². The fourth-order valence-corrected chi connectivity index (χ4v) is 1.92. The monoisotopic (exact) mass is 290 g/mol. The molecule has 3 aromatic rings. The van der Waals surface area contributed by atoms with Crippen molar-refractivity contribution in [2.75, 3.05) is 0 Å². The second kappa shape index (κ2) is 6.46. The number of halogens is 2. The zero-order chi connectivity index (χ0) is 13.7. The molecular weight excluding hydrogens is 279 g/mol. The maximum Gasteiger partial charge on any atom is 0.135 e. The Labute approximate surface area is 122 Å². The molecule has 0 unspecified atom stereocenters. The quantitative estimate of drug-likeness (QED) is 0.576. The maximum atomic E-state index is 8.88. The summed E-state index contributed by atoms with van der Waals surface area (Å²) in [6.07, 6.45) is 0. The molecule has 0 fully saturated rings. The molecule has 0 aliphatic rings. The highest BCUT2D eigenvalue weighted by atomic mass is 35.5. The van der Waals surface area contributed by atoms with Gasteiger partial charge in [-0.25, -0.2) is 0 Å². The molecule has 0 bridgehead atoms. The molecule has 3 rings (SSSR count). The third-order valence-corrected chi connectivity index (χ3v) is 3.40. The lowest BCUT2D eigenvalue weighted by Crippen LogP contribution is -1.67. The molecule has 0 amide bonds. The highest BCUT2D eigenvalue weighted by Crippen LogP contribution is 2.29. The van der Waals surface area contributed by atoms with E-state index >= 15 is 0 Å². The van der Waals surface area contributed by atoms with Gasteiger partial charge in [-0.1, -0.05) is 77.8 Å². The Morgan fingerprint density at radius 2 is 1.11 bits per heavy atom. The minimum atomic E-state index is 0.0177. The molecule has 1 N–H and O–H groups in total. The minimum Gasteiger partial charge on any atom is -0.506 e. The molecule has 0 aliphatic carbocycles. The van der Waals surface area contributed by atoms with Gasteiger partial charge in [0, 0.05) is 0 Å². The van der Waals surface area contributed by atoms with Crippen LogP contribution in [0, 0.1) is 0 Å². The van der Waals surface area contributed by atoms with E-state index in [0.29, 0.717) is 5.02 Å². The van der Waals surface area contributed by atoms with Crippen LogP contribution in [0.3, 0.4) is 0 Å². The van der Waals surface area contributed by atoms with Crippen molar-refractivity contribution in [2.45, 2.75) is 0 Å². The van der Waals surface area contributed by atoms with Crippen LogP contribution in [0.1, 0.15) is 0 Å². The van der Waals surface area contributed by atoms with E-state index < -0.39 is 0 Å². The molecule has 0 heterocycles. The summed E-state index contributed by atoms with van der Waals surface area (Å²) in [5.41, 5.74) is 0. The number of fused-ring (bicyclic) bond motifs is 1. The van der Waals surface area contributed by atoms with Crippen molar-refractivity contribution in [3.63, 3.8) is 0 Å². The predicted molar refractivity (Wildman–Crippen MR) is 82.1 cm³/mol. The van der Waals surface area contributed by atoms with Crippen LogP contribution < -0.4 is 0 Å². The Bertz CT molecular complexity index is 595. The predicted octanol–water partition coefficient (Wildman–Crippen LogP) is 5.54. The summed E-state index contributed by atoms with van der Waals surface area (Å²) in [5.74, 6) is 0.0177. The largest absolute Gasteiger partial charge is 0.506 e. The molecule has 0 saturated heterocycles. The van der Waals surface area contributed by atoms with Crippen LogP contribution in [0.5, 0.6) is 5.75 Å². The number of aromatic hydroxyl groups is 1. The van der Waals surface area contributed by atoms with Crippen molar-refractivity contribution in [3.8, 4) is 5.75 Å². The van der Waals surface area contributed by atoms with Gasteiger partial charge in [0.15, 0.2) is 0 Å². The van der Waals surface area contributed by atoms with E-state index in [1.54, 1.807) is 12.1 Å².